The fourth-order valence-electron chi connectivity index (χ4n) is 3.72. The quantitative estimate of drug-likeness (QED) is 0.368. The van der Waals surface area contributed by atoms with Crippen LogP contribution in [0.3, 0.4) is 0 Å². The van der Waals surface area contributed by atoms with Crippen molar-refractivity contribution >= 4 is 28.6 Å². The summed E-state index contributed by atoms with van der Waals surface area (Å²) >= 11 is 0. The van der Waals surface area contributed by atoms with Crippen LogP contribution in [0.5, 0.6) is 0 Å². The van der Waals surface area contributed by atoms with Crippen LogP contribution in [-0.4, -0.2) is 32.4 Å². The van der Waals surface area contributed by atoms with Crippen LogP contribution in [0.4, 0.5) is 0 Å². The van der Waals surface area contributed by atoms with E-state index in [2.05, 4.69) is 9.98 Å². The van der Waals surface area contributed by atoms with E-state index >= 15 is 0 Å². The molecule has 4 rings (SSSR count). The summed E-state index contributed by atoms with van der Waals surface area (Å²) in [5.74, 6) is -1.18. The number of carbonyl (C=O) groups is 2. The van der Waals surface area contributed by atoms with Crippen LogP contribution in [0.15, 0.2) is 58.4 Å². The van der Waals surface area contributed by atoms with Gasteiger partial charge in [0, 0.05) is 18.8 Å². The minimum absolute atomic E-state index is 0.0226. The van der Waals surface area contributed by atoms with Gasteiger partial charge in [0.15, 0.2) is 5.49 Å². The van der Waals surface area contributed by atoms with Gasteiger partial charge in [0.2, 0.25) is 0 Å². The minimum Gasteiger partial charge on any atom is -0.462 e. The molecule has 0 aliphatic rings. The summed E-state index contributed by atoms with van der Waals surface area (Å²) in [7, 11) is 1.62. The Hall–Kier alpha value is -4.07. The molecule has 4 aromatic rings. The highest BCUT2D eigenvalue weighted by molar-refractivity contribution is 5.97. The lowest BCUT2D eigenvalue weighted by Crippen LogP contribution is -2.31. The number of esters is 1. The van der Waals surface area contributed by atoms with Crippen molar-refractivity contribution in [2.24, 2.45) is 12.0 Å². The molecule has 0 aliphatic heterocycles. The van der Waals surface area contributed by atoms with Crippen molar-refractivity contribution in [3.8, 4) is 0 Å². The van der Waals surface area contributed by atoms with E-state index in [4.69, 9.17) is 4.74 Å². The van der Waals surface area contributed by atoms with Crippen molar-refractivity contribution in [3.05, 3.63) is 86.8 Å². The van der Waals surface area contributed by atoms with E-state index in [9.17, 15) is 14.4 Å². The summed E-state index contributed by atoms with van der Waals surface area (Å²) in [5, 5.41) is 0.219. The topological polar surface area (TPSA) is 95.0 Å². The zero-order valence-electron chi connectivity index (χ0n) is 18.2. The number of carbonyl (C=O) groups excluding carboxylic acids is 2. The van der Waals surface area contributed by atoms with Crippen LogP contribution in [0, 0.1) is 13.8 Å². The van der Waals surface area contributed by atoms with Gasteiger partial charge in [-0.05, 0) is 51.1 Å². The Labute approximate surface area is 183 Å². The predicted molar refractivity (Wildman–Crippen MR) is 120 cm³/mol. The zero-order valence-corrected chi connectivity index (χ0v) is 18.2. The molecule has 0 bridgehead atoms. The summed E-state index contributed by atoms with van der Waals surface area (Å²) in [6.07, 6.45) is 1.61. The summed E-state index contributed by atoms with van der Waals surface area (Å²) in [4.78, 5) is 47.6. The summed E-state index contributed by atoms with van der Waals surface area (Å²) in [5.41, 5.74) is 2.78. The maximum atomic E-state index is 13.1. The lowest BCUT2D eigenvalue weighted by Gasteiger charge is -2.11. The number of hydrogen-bond donors (Lipinski definition) is 0. The highest BCUT2D eigenvalue weighted by Gasteiger charge is 2.19. The standard InChI is InChI=1S/C24H22N4O4/c1-5-32-24(31)18-13-17-20(25-19-8-6-7-9-28(19)23(17)30)27(4)21(18)26-22(29)16-11-14(2)10-15(3)12-16/h6-13H,5H2,1-4H3. The molecule has 8 nitrogen and oxygen atoms in total. The number of rotatable bonds is 3. The van der Waals surface area contributed by atoms with E-state index in [1.807, 2.05) is 19.9 Å². The van der Waals surface area contributed by atoms with Crippen LogP contribution < -0.4 is 11.0 Å². The lowest BCUT2D eigenvalue weighted by atomic mass is 10.1. The molecule has 0 fully saturated rings. The average Bonchev–Trinajstić information content (AvgIpc) is 2.75. The molecule has 3 heterocycles. The third kappa shape index (κ3) is 3.71. The molecule has 0 aliphatic carbocycles. The fourth-order valence-corrected chi connectivity index (χ4v) is 3.72. The van der Waals surface area contributed by atoms with Gasteiger partial charge < -0.3 is 9.30 Å². The van der Waals surface area contributed by atoms with Gasteiger partial charge in [-0.2, -0.15) is 4.99 Å². The van der Waals surface area contributed by atoms with E-state index in [0.717, 1.165) is 11.1 Å². The monoisotopic (exact) mass is 430 g/mol. The molecule has 0 radical (unpaired) electrons. The molecule has 0 spiro atoms. The first-order valence-electron chi connectivity index (χ1n) is 10.2. The molecule has 3 aromatic heterocycles. The smallest absolute Gasteiger partial charge is 0.341 e. The molecule has 0 atom stereocenters. The Balaban J connectivity index is 2.06. The summed E-state index contributed by atoms with van der Waals surface area (Å²) in [6.45, 7) is 5.61. The van der Waals surface area contributed by atoms with Crippen LogP contribution in [0.2, 0.25) is 0 Å². The zero-order chi connectivity index (χ0) is 23.0. The van der Waals surface area contributed by atoms with Gasteiger partial charge in [0.1, 0.15) is 16.9 Å². The van der Waals surface area contributed by atoms with Gasteiger partial charge in [-0.3, -0.25) is 14.0 Å². The van der Waals surface area contributed by atoms with Gasteiger partial charge in [-0.1, -0.05) is 23.3 Å². The minimum atomic E-state index is -0.672. The maximum Gasteiger partial charge on any atom is 0.341 e. The van der Waals surface area contributed by atoms with Crippen molar-refractivity contribution in [2.45, 2.75) is 20.8 Å². The number of benzene rings is 1. The van der Waals surface area contributed by atoms with Gasteiger partial charge >= 0.3 is 5.97 Å². The molecule has 1 amide bonds. The molecule has 32 heavy (non-hydrogen) atoms. The number of ether oxygens (including phenoxy) is 1. The second kappa shape index (κ2) is 8.22. The largest absolute Gasteiger partial charge is 0.462 e. The van der Waals surface area contributed by atoms with Gasteiger partial charge in [-0.25, -0.2) is 9.78 Å². The molecule has 0 saturated heterocycles. The number of amides is 1. The molecule has 0 saturated carbocycles. The van der Waals surface area contributed by atoms with E-state index < -0.39 is 11.9 Å². The maximum absolute atomic E-state index is 13.1. The number of fused-ring (bicyclic) bond motifs is 2. The van der Waals surface area contributed by atoms with Gasteiger partial charge in [0.05, 0.1) is 12.0 Å². The Bertz CT molecular complexity index is 1510. The summed E-state index contributed by atoms with van der Waals surface area (Å²) in [6, 6.07) is 12.0. The van der Waals surface area contributed by atoms with E-state index in [1.54, 1.807) is 50.5 Å². The van der Waals surface area contributed by atoms with Crippen LogP contribution in [0.25, 0.3) is 16.7 Å². The van der Waals surface area contributed by atoms with E-state index in [-0.39, 0.29) is 28.6 Å². The van der Waals surface area contributed by atoms with Crippen molar-refractivity contribution in [2.75, 3.05) is 6.61 Å². The van der Waals surface area contributed by atoms with Crippen molar-refractivity contribution < 1.29 is 14.3 Å². The molecule has 162 valence electrons. The number of nitrogens with zero attached hydrogens (tertiary/aromatic N) is 4. The Morgan fingerprint density at radius 1 is 1.09 bits per heavy atom. The normalized spacial score (nSPS) is 11.8. The van der Waals surface area contributed by atoms with E-state index in [0.29, 0.717) is 16.9 Å². The molecule has 1 aromatic carbocycles. The molecule has 8 heteroatoms. The number of aryl methyl sites for hydroxylation is 3. The van der Waals surface area contributed by atoms with Crippen molar-refractivity contribution in [3.63, 3.8) is 0 Å². The SMILES string of the molecule is CCOC(=O)c1cc2c(=O)n3ccccc3nc2n(C)c1=NC(=O)c1cc(C)cc(C)c1. The molecular weight excluding hydrogens is 408 g/mol. The second-order valence-corrected chi connectivity index (χ2v) is 7.54. The average molecular weight is 430 g/mol. The Kier molecular flexibility index (Phi) is 5.44. The first-order valence-corrected chi connectivity index (χ1v) is 10.2. The third-order valence-corrected chi connectivity index (χ3v) is 5.09. The first kappa shape index (κ1) is 21.2. The highest BCUT2D eigenvalue weighted by atomic mass is 16.5. The molecule has 0 unspecified atom stereocenters. The summed E-state index contributed by atoms with van der Waals surface area (Å²) < 4.78 is 8.05. The lowest BCUT2D eigenvalue weighted by molar-refractivity contribution is 0.0523. The molecular formula is C24H22N4O4. The number of hydrogen-bond acceptors (Lipinski definition) is 5. The predicted octanol–water partition coefficient (Wildman–Crippen LogP) is 2.72. The Morgan fingerprint density at radius 3 is 2.50 bits per heavy atom. The number of pyridine rings is 2. The van der Waals surface area contributed by atoms with Crippen molar-refractivity contribution in [1.29, 1.82) is 0 Å². The Morgan fingerprint density at radius 2 is 1.81 bits per heavy atom. The molecule has 0 N–H and O–H groups in total. The van der Waals surface area contributed by atoms with Crippen LogP contribution in [0.1, 0.15) is 38.8 Å². The van der Waals surface area contributed by atoms with Crippen molar-refractivity contribution in [1.82, 2.24) is 14.0 Å². The highest BCUT2D eigenvalue weighted by Crippen LogP contribution is 2.12. The second-order valence-electron chi connectivity index (χ2n) is 7.54. The van der Waals surface area contributed by atoms with Crippen LogP contribution in [-0.2, 0) is 11.8 Å². The number of aromatic nitrogens is 3. The van der Waals surface area contributed by atoms with E-state index in [1.165, 1.54) is 15.0 Å². The first-order chi connectivity index (χ1) is 15.3. The van der Waals surface area contributed by atoms with Crippen LogP contribution >= 0.6 is 0 Å². The van der Waals surface area contributed by atoms with Gasteiger partial charge in [0.25, 0.3) is 11.5 Å². The fraction of sp³-hybridized carbons (Fsp3) is 0.208. The third-order valence-electron chi connectivity index (χ3n) is 5.09. The van der Waals surface area contributed by atoms with Gasteiger partial charge in [-0.15, -0.1) is 0 Å².